The molecule has 0 fully saturated rings. The van der Waals surface area contributed by atoms with Gasteiger partial charge >= 0.3 is 12.1 Å². The van der Waals surface area contributed by atoms with Crippen molar-refractivity contribution in [3.05, 3.63) is 29.8 Å². The zero-order chi connectivity index (χ0) is 27.5. The zero-order valence-corrected chi connectivity index (χ0v) is 22.4. The topological polar surface area (TPSA) is 134 Å². The molecule has 0 saturated heterocycles. The Bertz CT molecular complexity index is 881. The number of alkyl carbamates (subject to hydrolysis) is 1. The highest BCUT2D eigenvalue weighted by Crippen LogP contribution is 2.26. The minimum Gasteiger partial charge on any atom is -0.508 e. The first kappa shape index (κ1) is 30.7. The van der Waals surface area contributed by atoms with E-state index in [9.17, 15) is 24.3 Å². The zero-order valence-electron chi connectivity index (χ0n) is 22.4. The maximum absolute atomic E-state index is 13.8. The normalized spacial score (nSPS) is 13.6. The van der Waals surface area contributed by atoms with E-state index in [0.29, 0.717) is 12.0 Å². The Hall–Kier alpha value is -3.30. The molecule has 1 aromatic rings. The van der Waals surface area contributed by atoms with Crippen molar-refractivity contribution in [2.24, 2.45) is 5.92 Å². The Morgan fingerprint density at radius 3 is 2.17 bits per heavy atom. The summed E-state index contributed by atoms with van der Waals surface area (Å²) in [5.74, 6) is -1.62. The van der Waals surface area contributed by atoms with Crippen LogP contribution >= 0.6 is 0 Å². The van der Waals surface area contributed by atoms with Crippen LogP contribution in [0.15, 0.2) is 24.3 Å². The molecule has 36 heavy (non-hydrogen) atoms. The quantitative estimate of drug-likeness (QED) is 0.370. The van der Waals surface area contributed by atoms with Gasteiger partial charge < -0.3 is 30.1 Å². The van der Waals surface area contributed by atoms with Crippen molar-refractivity contribution in [2.75, 3.05) is 19.7 Å². The average Bonchev–Trinajstić information content (AvgIpc) is 2.79. The summed E-state index contributed by atoms with van der Waals surface area (Å²) in [5.41, 5.74) is -0.276. The number of esters is 1. The maximum Gasteiger partial charge on any atom is 0.408 e. The van der Waals surface area contributed by atoms with Crippen LogP contribution < -0.4 is 10.6 Å². The fourth-order valence-corrected chi connectivity index (χ4v) is 3.51. The molecule has 202 valence electrons. The standard InChI is InChI=1S/C26H41N3O7/c1-8-17(4)21(28-25(34)36-26(5,6)7)24(33)29(9-2)22(18-11-13-19(30)14-12-18)23(32)27-16-15-20(31)35-10-3/h11-14,17,21-22,30H,8-10,15-16H2,1-7H3,(H,27,32)(H,28,34). The SMILES string of the molecule is CCOC(=O)CCNC(=O)C(c1ccc(O)cc1)N(CC)C(=O)C(NC(=O)OC(C)(C)C)C(C)CC. The van der Waals surface area contributed by atoms with Gasteiger partial charge in [0, 0.05) is 13.1 Å². The molecule has 0 aromatic heterocycles. The lowest BCUT2D eigenvalue weighted by molar-refractivity contribution is -0.144. The molecule has 0 heterocycles. The molecule has 10 heteroatoms. The van der Waals surface area contributed by atoms with Crippen molar-refractivity contribution >= 4 is 23.9 Å². The van der Waals surface area contributed by atoms with Crippen molar-refractivity contribution in [2.45, 2.75) is 79.0 Å². The number of carbonyl (C=O) groups excluding carboxylic acids is 4. The molecule has 0 aliphatic heterocycles. The second-order valence-electron chi connectivity index (χ2n) is 9.47. The van der Waals surface area contributed by atoms with Gasteiger partial charge in [0.05, 0.1) is 13.0 Å². The van der Waals surface area contributed by atoms with Crippen molar-refractivity contribution < 1.29 is 33.8 Å². The molecule has 10 nitrogen and oxygen atoms in total. The monoisotopic (exact) mass is 507 g/mol. The molecular weight excluding hydrogens is 466 g/mol. The van der Waals surface area contributed by atoms with Gasteiger partial charge in [-0.05, 0) is 58.2 Å². The van der Waals surface area contributed by atoms with Gasteiger partial charge in [0.1, 0.15) is 23.4 Å². The molecule has 0 spiro atoms. The number of nitrogens with zero attached hydrogens (tertiary/aromatic N) is 1. The van der Waals surface area contributed by atoms with Crippen molar-refractivity contribution in [3.63, 3.8) is 0 Å². The van der Waals surface area contributed by atoms with E-state index in [1.165, 1.54) is 17.0 Å². The van der Waals surface area contributed by atoms with E-state index >= 15 is 0 Å². The number of phenolic OH excluding ortho intramolecular Hbond substituents is 1. The van der Waals surface area contributed by atoms with Crippen LogP contribution in [0.4, 0.5) is 4.79 Å². The lowest BCUT2D eigenvalue weighted by Crippen LogP contribution is -2.55. The first-order chi connectivity index (χ1) is 16.8. The number of phenols is 1. The number of hydrogen-bond acceptors (Lipinski definition) is 7. The Kier molecular flexibility index (Phi) is 12.2. The van der Waals surface area contributed by atoms with Crippen LogP contribution in [0.1, 0.15) is 72.9 Å². The second kappa shape index (κ2) is 14.3. The molecular formula is C26H41N3O7. The second-order valence-corrected chi connectivity index (χ2v) is 9.47. The van der Waals surface area contributed by atoms with Crippen molar-refractivity contribution in [1.82, 2.24) is 15.5 Å². The lowest BCUT2D eigenvalue weighted by atomic mass is 9.95. The number of amides is 3. The van der Waals surface area contributed by atoms with Crippen LogP contribution in [0.2, 0.25) is 0 Å². The van der Waals surface area contributed by atoms with Gasteiger partial charge in [0.15, 0.2) is 0 Å². The summed E-state index contributed by atoms with van der Waals surface area (Å²) in [5, 5.41) is 15.1. The summed E-state index contributed by atoms with van der Waals surface area (Å²) in [6, 6.07) is 3.98. The van der Waals surface area contributed by atoms with Gasteiger partial charge in [-0.3, -0.25) is 14.4 Å². The molecule has 0 aliphatic rings. The van der Waals surface area contributed by atoms with Crippen LogP contribution in [-0.4, -0.2) is 65.2 Å². The van der Waals surface area contributed by atoms with Gasteiger partial charge in [-0.2, -0.15) is 0 Å². The Labute approximate surface area is 213 Å². The number of benzene rings is 1. The van der Waals surface area contributed by atoms with E-state index in [-0.39, 0.29) is 37.8 Å². The summed E-state index contributed by atoms with van der Waals surface area (Å²) in [6.07, 6.45) is -0.144. The molecule has 3 atom stereocenters. The summed E-state index contributed by atoms with van der Waals surface area (Å²) < 4.78 is 10.3. The first-order valence-corrected chi connectivity index (χ1v) is 12.4. The minimum atomic E-state index is -1.06. The number of aromatic hydroxyl groups is 1. The molecule has 3 unspecified atom stereocenters. The highest BCUT2D eigenvalue weighted by Gasteiger charge is 2.37. The molecule has 0 saturated carbocycles. The molecule has 0 aliphatic carbocycles. The third-order valence-corrected chi connectivity index (χ3v) is 5.48. The Balaban J connectivity index is 3.27. The third-order valence-electron chi connectivity index (χ3n) is 5.48. The van der Waals surface area contributed by atoms with Gasteiger partial charge in [-0.25, -0.2) is 4.79 Å². The van der Waals surface area contributed by atoms with Gasteiger partial charge in [-0.15, -0.1) is 0 Å². The smallest absolute Gasteiger partial charge is 0.408 e. The molecule has 3 amide bonds. The average molecular weight is 508 g/mol. The van der Waals surface area contributed by atoms with E-state index in [1.807, 2.05) is 13.8 Å². The number of hydrogen-bond donors (Lipinski definition) is 3. The van der Waals surface area contributed by atoms with Gasteiger partial charge in [0.2, 0.25) is 11.8 Å². The minimum absolute atomic E-state index is 0.0127. The van der Waals surface area contributed by atoms with E-state index in [1.54, 1.807) is 46.8 Å². The summed E-state index contributed by atoms with van der Waals surface area (Å²) in [7, 11) is 0. The van der Waals surface area contributed by atoms with Gasteiger partial charge in [-0.1, -0.05) is 32.4 Å². The van der Waals surface area contributed by atoms with Crippen LogP contribution in [0.5, 0.6) is 5.75 Å². The Morgan fingerprint density at radius 1 is 1.06 bits per heavy atom. The summed E-state index contributed by atoms with van der Waals surface area (Å²) in [6.45, 7) is 12.8. The fourth-order valence-electron chi connectivity index (χ4n) is 3.51. The van der Waals surface area contributed by atoms with E-state index in [4.69, 9.17) is 9.47 Å². The fraction of sp³-hybridized carbons (Fsp3) is 0.615. The predicted octanol–water partition coefficient (Wildman–Crippen LogP) is 3.29. The predicted molar refractivity (Wildman–Crippen MR) is 135 cm³/mol. The number of ether oxygens (including phenoxy) is 2. The van der Waals surface area contributed by atoms with Crippen LogP contribution in [0.3, 0.4) is 0 Å². The van der Waals surface area contributed by atoms with E-state index < -0.39 is 41.6 Å². The van der Waals surface area contributed by atoms with Crippen LogP contribution in [0.25, 0.3) is 0 Å². The summed E-state index contributed by atoms with van der Waals surface area (Å²) in [4.78, 5) is 52.7. The first-order valence-electron chi connectivity index (χ1n) is 12.4. The molecule has 0 radical (unpaired) electrons. The van der Waals surface area contributed by atoms with Crippen LogP contribution in [-0.2, 0) is 23.9 Å². The van der Waals surface area contributed by atoms with E-state index in [2.05, 4.69) is 10.6 Å². The van der Waals surface area contributed by atoms with Crippen molar-refractivity contribution in [3.8, 4) is 5.75 Å². The molecule has 1 aromatic carbocycles. The third kappa shape index (κ3) is 9.75. The number of carbonyl (C=O) groups is 4. The van der Waals surface area contributed by atoms with Crippen molar-refractivity contribution in [1.29, 1.82) is 0 Å². The molecule has 1 rings (SSSR count). The number of rotatable bonds is 12. The maximum atomic E-state index is 13.8. The highest BCUT2D eigenvalue weighted by atomic mass is 16.6. The summed E-state index contributed by atoms with van der Waals surface area (Å²) >= 11 is 0. The highest BCUT2D eigenvalue weighted by molar-refractivity contribution is 5.92. The Morgan fingerprint density at radius 2 is 1.67 bits per heavy atom. The van der Waals surface area contributed by atoms with Crippen LogP contribution in [0, 0.1) is 5.92 Å². The van der Waals surface area contributed by atoms with Gasteiger partial charge in [0.25, 0.3) is 0 Å². The van der Waals surface area contributed by atoms with E-state index in [0.717, 1.165) is 0 Å². The number of nitrogens with one attached hydrogen (secondary N) is 2. The largest absolute Gasteiger partial charge is 0.508 e. The number of likely N-dealkylation sites (N-methyl/N-ethyl adjacent to an activating group) is 1. The molecule has 3 N–H and O–H groups in total. The lowest BCUT2D eigenvalue weighted by Gasteiger charge is -2.35. The molecule has 0 bridgehead atoms.